The van der Waals surface area contributed by atoms with Crippen LogP contribution in [-0.4, -0.2) is 37.3 Å². The maximum atomic E-state index is 5.65. The molecule has 0 aliphatic heterocycles. The lowest BCUT2D eigenvalue weighted by atomic mass is 9.92. The quantitative estimate of drug-likeness (QED) is 0.347. The van der Waals surface area contributed by atoms with Crippen LogP contribution in [0.25, 0.3) is 39.4 Å². The van der Waals surface area contributed by atoms with Crippen molar-refractivity contribution in [2.45, 2.75) is 32.2 Å². The van der Waals surface area contributed by atoms with E-state index in [0.29, 0.717) is 11.9 Å². The SMILES string of the molecule is COc1cccc(-c2cn3nc(-c4nccn4C)nc(NC4CCC4)c3c2-c2ccccc2)c1C. The number of nitrogens with zero attached hydrogens (tertiary/aromatic N) is 5. The Morgan fingerprint density at radius 3 is 2.54 bits per heavy atom. The monoisotopic (exact) mass is 464 g/mol. The number of hydrogen-bond acceptors (Lipinski definition) is 5. The average Bonchev–Trinajstić information content (AvgIpc) is 3.45. The van der Waals surface area contributed by atoms with Crippen molar-refractivity contribution >= 4 is 11.3 Å². The van der Waals surface area contributed by atoms with Gasteiger partial charge in [-0.25, -0.2) is 14.5 Å². The summed E-state index contributed by atoms with van der Waals surface area (Å²) in [5, 5.41) is 8.67. The van der Waals surface area contributed by atoms with Crippen molar-refractivity contribution in [1.29, 1.82) is 0 Å². The molecule has 7 heteroatoms. The molecule has 7 nitrogen and oxygen atoms in total. The van der Waals surface area contributed by atoms with Gasteiger partial charge >= 0.3 is 0 Å². The van der Waals surface area contributed by atoms with Gasteiger partial charge in [-0.05, 0) is 48.9 Å². The summed E-state index contributed by atoms with van der Waals surface area (Å²) < 4.78 is 9.56. The number of imidazole rings is 1. The van der Waals surface area contributed by atoms with Crippen LogP contribution in [0.3, 0.4) is 0 Å². The zero-order valence-corrected chi connectivity index (χ0v) is 20.2. The Labute approximate surface area is 204 Å². The zero-order valence-electron chi connectivity index (χ0n) is 20.2. The van der Waals surface area contributed by atoms with Gasteiger partial charge in [-0.15, -0.1) is 5.10 Å². The van der Waals surface area contributed by atoms with Crippen molar-refractivity contribution < 1.29 is 4.74 Å². The zero-order chi connectivity index (χ0) is 23.9. The lowest BCUT2D eigenvalue weighted by Gasteiger charge is -2.27. The molecule has 2 aromatic carbocycles. The molecule has 1 saturated carbocycles. The van der Waals surface area contributed by atoms with Gasteiger partial charge in [-0.3, -0.25) is 0 Å². The molecule has 0 saturated heterocycles. The number of rotatable bonds is 6. The van der Waals surface area contributed by atoms with Crippen LogP contribution >= 0.6 is 0 Å². The Morgan fingerprint density at radius 2 is 1.86 bits per heavy atom. The third-order valence-electron chi connectivity index (χ3n) is 6.95. The Balaban J connectivity index is 1.67. The van der Waals surface area contributed by atoms with Crippen molar-refractivity contribution in [3.63, 3.8) is 0 Å². The smallest absolute Gasteiger partial charge is 0.218 e. The molecule has 1 N–H and O–H groups in total. The van der Waals surface area contributed by atoms with Crippen molar-refractivity contribution in [1.82, 2.24) is 24.1 Å². The van der Waals surface area contributed by atoms with E-state index in [1.165, 1.54) is 6.42 Å². The summed E-state index contributed by atoms with van der Waals surface area (Å²) in [6.45, 7) is 2.10. The van der Waals surface area contributed by atoms with E-state index in [1.54, 1.807) is 13.3 Å². The lowest BCUT2D eigenvalue weighted by Crippen LogP contribution is -2.28. The maximum absolute atomic E-state index is 5.65. The topological polar surface area (TPSA) is 69.3 Å². The third kappa shape index (κ3) is 3.64. The van der Waals surface area contributed by atoms with Crippen LogP contribution in [0.1, 0.15) is 24.8 Å². The van der Waals surface area contributed by atoms with Crippen molar-refractivity contribution in [3.8, 4) is 39.7 Å². The Hall–Kier alpha value is -4.13. The molecule has 1 aliphatic carbocycles. The summed E-state index contributed by atoms with van der Waals surface area (Å²) in [7, 11) is 3.68. The number of aromatic nitrogens is 5. The summed E-state index contributed by atoms with van der Waals surface area (Å²) >= 11 is 0. The van der Waals surface area contributed by atoms with E-state index in [4.69, 9.17) is 14.8 Å². The van der Waals surface area contributed by atoms with Crippen molar-refractivity contribution in [2.24, 2.45) is 7.05 Å². The van der Waals surface area contributed by atoms with Gasteiger partial charge in [-0.1, -0.05) is 42.5 Å². The van der Waals surface area contributed by atoms with E-state index < -0.39 is 0 Å². The molecule has 0 atom stereocenters. The van der Waals surface area contributed by atoms with Gasteiger partial charge in [0.25, 0.3) is 0 Å². The number of anilines is 1. The normalized spacial score (nSPS) is 13.7. The Kier molecular flexibility index (Phi) is 5.25. The minimum Gasteiger partial charge on any atom is -0.496 e. The molecule has 1 aliphatic rings. The molecule has 0 radical (unpaired) electrons. The first-order valence-corrected chi connectivity index (χ1v) is 12.0. The molecule has 0 amide bonds. The largest absolute Gasteiger partial charge is 0.496 e. The van der Waals surface area contributed by atoms with E-state index in [0.717, 1.165) is 63.6 Å². The number of fused-ring (bicyclic) bond motifs is 1. The van der Waals surface area contributed by atoms with Gasteiger partial charge in [0.05, 0.1) is 7.11 Å². The van der Waals surface area contributed by atoms with Gasteiger partial charge in [0.2, 0.25) is 5.82 Å². The van der Waals surface area contributed by atoms with Crippen LogP contribution in [0.4, 0.5) is 5.82 Å². The first-order chi connectivity index (χ1) is 17.1. The standard InChI is InChI=1S/C28H28N6O/c1-18-21(13-8-14-23(18)35-3)22-17-34-25(24(22)19-9-5-4-6-10-19)26(30-20-11-7-12-20)31-27(32-34)28-29-15-16-33(28)2/h4-6,8-10,13-17,20H,7,11-12H2,1-3H3,(H,30,31,32). The Morgan fingerprint density at radius 1 is 1.03 bits per heavy atom. The number of benzene rings is 2. The van der Waals surface area contributed by atoms with Gasteiger partial charge in [0.15, 0.2) is 11.6 Å². The van der Waals surface area contributed by atoms with E-state index in [-0.39, 0.29) is 0 Å². The molecule has 0 spiro atoms. The lowest BCUT2D eigenvalue weighted by molar-refractivity contribution is 0.412. The van der Waals surface area contributed by atoms with Crippen LogP contribution in [0.5, 0.6) is 5.75 Å². The summed E-state index contributed by atoms with van der Waals surface area (Å²) in [6.07, 6.45) is 9.34. The van der Waals surface area contributed by atoms with Crippen LogP contribution < -0.4 is 10.1 Å². The molecule has 176 valence electrons. The minimum absolute atomic E-state index is 0.420. The fraction of sp³-hybridized carbons (Fsp3) is 0.250. The Bertz CT molecular complexity index is 1510. The molecule has 1 fully saturated rings. The number of methoxy groups -OCH3 is 1. The molecule has 0 unspecified atom stereocenters. The van der Waals surface area contributed by atoms with Gasteiger partial charge in [0, 0.05) is 42.8 Å². The number of nitrogens with one attached hydrogen (secondary N) is 1. The predicted molar refractivity (Wildman–Crippen MR) is 139 cm³/mol. The fourth-order valence-electron chi connectivity index (χ4n) is 4.83. The first-order valence-electron chi connectivity index (χ1n) is 12.0. The highest BCUT2D eigenvalue weighted by Gasteiger charge is 2.25. The van der Waals surface area contributed by atoms with Crippen LogP contribution in [0, 0.1) is 6.92 Å². The molecule has 6 rings (SSSR count). The molecular formula is C28H28N6O. The van der Waals surface area contributed by atoms with Crippen LogP contribution in [0.2, 0.25) is 0 Å². The molecule has 0 bridgehead atoms. The number of ether oxygens (including phenoxy) is 1. The summed E-state index contributed by atoms with van der Waals surface area (Å²) in [6, 6.07) is 17.1. The fourth-order valence-corrected chi connectivity index (χ4v) is 4.83. The number of aryl methyl sites for hydroxylation is 1. The molecular weight excluding hydrogens is 436 g/mol. The van der Waals surface area contributed by atoms with Crippen LogP contribution in [0.15, 0.2) is 67.1 Å². The molecule has 3 heterocycles. The highest BCUT2D eigenvalue weighted by molar-refractivity contribution is 5.99. The minimum atomic E-state index is 0.420. The molecule has 35 heavy (non-hydrogen) atoms. The van der Waals surface area contributed by atoms with Crippen LogP contribution in [-0.2, 0) is 7.05 Å². The van der Waals surface area contributed by atoms with E-state index in [2.05, 4.69) is 53.8 Å². The second-order valence-electron chi connectivity index (χ2n) is 9.13. The summed E-state index contributed by atoms with van der Waals surface area (Å²) in [5.74, 6) is 3.03. The summed E-state index contributed by atoms with van der Waals surface area (Å²) in [5.41, 5.74) is 6.50. The summed E-state index contributed by atoms with van der Waals surface area (Å²) in [4.78, 5) is 9.53. The molecule has 5 aromatic rings. The van der Waals surface area contributed by atoms with E-state index >= 15 is 0 Å². The highest BCUT2D eigenvalue weighted by atomic mass is 16.5. The van der Waals surface area contributed by atoms with Gasteiger partial charge in [0.1, 0.15) is 11.3 Å². The van der Waals surface area contributed by atoms with Crippen molar-refractivity contribution in [2.75, 3.05) is 12.4 Å². The van der Waals surface area contributed by atoms with E-state index in [1.807, 2.05) is 40.5 Å². The predicted octanol–water partition coefficient (Wildman–Crippen LogP) is 5.75. The second kappa shape index (κ2) is 8.58. The highest BCUT2D eigenvalue weighted by Crippen LogP contribution is 2.42. The van der Waals surface area contributed by atoms with Crippen molar-refractivity contribution in [3.05, 3.63) is 72.7 Å². The average molecular weight is 465 g/mol. The number of hydrogen-bond donors (Lipinski definition) is 1. The maximum Gasteiger partial charge on any atom is 0.218 e. The van der Waals surface area contributed by atoms with Gasteiger partial charge in [-0.2, -0.15) is 0 Å². The second-order valence-corrected chi connectivity index (χ2v) is 9.13. The molecule has 3 aromatic heterocycles. The first kappa shape index (κ1) is 21.4. The third-order valence-corrected chi connectivity index (χ3v) is 6.95. The van der Waals surface area contributed by atoms with E-state index in [9.17, 15) is 0 Å². The van der Waals surface area contributed by atoms with Gasteiger partial charge < -0.3 is 14.6 Å².